The van der Waals surface area contributed by atoms with Crippen molar-refractivity contribution in [2.45, 2.75) is 6.54 Å². The summed E-state index contributed by atoms with van der Waals surface area (Å²) in [6.45, 7) is 0.505. The summed E-state index contributed by atoms with van der Waals surface area (Å²) in [4.78, 5) is 11.2. The summed E-state index contributed by atoms with van der Waals surface area (Å²) in [6.07, 6.45) is 0. The molecule has 0 aliphatic rings. The number of nitrogens with one attached hydrogen (secondary N) is 1. The third-order valence-electron chi connectivity index (χ3n) is 2.97. The summed E-state index contributed by atoms with van der Waals surface area (Å²) in [5.41, 5.74) is 7.33. The molecular formula is C15H14BrClN2O2. The fourth-order valence-electron chi connectivity index (χ4n) is 1.85. The molecule has 0 bridgehead atoms. The van der Waals surface area contributed by atoms with Crippen molar-refractivity contribution >= 4 is 39.1 Å². The lowest BCUT2D eigenvalue weighted by Crippen LogP contribution is -2.12. The second-order valence-electron chi connectivity index (χ2n) is 4.37. The molecule has 2 aromatic carbocycles. The van der Waals surface area contributed by atoms with Gasteiger partial charge >= 0.3 is 0 Å². The number of amides is 1. The fourth-order valence-corrected chi connectivity index (χ4v) is 2.60. The molecule has 0 saturated heterocycles. The molecule has 0 heterocycles. The Balaban J connectivity index is 2.22. The van der Waals surface area contributed by atoms with Crippen LogP contribution in [-0.4, -0.2) is 13.0 Å². The van der Waals surface area contributed by atoms with Crippen LogP contribution in [0.4, 0.5) is 5.69 Å². The van der Waals surface area contributed by atoms with E-state index in [1.807, 2.05) is 18.2 Å². The molecule has 2 aromatic rings. The lowest BCUT2D eigenvalue weighted by atomic mass is 10.1. The van der Waals surface area contributed by atoms with Gasteiger partial charge in [0, 0.05) is 21.6 Å². The first-order valence-corrected chi connectivity index (χ1v) is 7.34. The van der Waals surface area contributed by atoms with Gasteiger partial charge in [-0.3, -0.25) is 4.79 Å². The minimum absolute atomic E-state index is 0.417. The van der Waals surface area contributed by atoms with Gasteiger partial charge in [-0.15, -0.1) is 0 Å². The molecule has 0 aromatic heterocycles. The van der Waals surface area contributed by atoms with Crippen molar-refractivity contribution in [1.29, 1.82) is 0 Å². The molecule has 1 amide bonds. The van der Waals surface area contributed by atoms with Gasteiger partial charge in [-0.2, -0.15) is 0 Å². The zero-order valence-electron chi connectivity index (χ0n) is 11.3. The first kappa shape index (κ1) is 15.7. The van der Waals surface area contributed by atoms with E-state index >= 15 is 0 Å². The van der Waals surface area contributed by atoms with Gasteiger partial charge < -0.3 is 15.8 Å². The molecule has 21 heavy (non-hydrogen) atoms. The van der Waals surface area contributed by atoms with Crippen LogP contribution >= 0.6 is 27.5 Å². The van der Waals surface area contributed by atoms with Crippen LogP contribution in [0.15, 0.2) is 40.9 Å². The Hall–Kier alpha value is -1.72. The molecule has 0 fully saturated rings. The molecule has 0 aliphatic carbocycles. The van der Waals surface area contributed by atoms with Gasteiger partial charge in [0.05, 0.1) is 12.8 Å². The molecule has 6 heteroatoms. The van der Waals surface area contributed by atoms with E-state index in [4.69, 9.17) is 22.1 Å². The van der Waals surface area contributed by atoms with Crippen molar-refractivity contribution in [3.05, 3.63) is 57.0 Å². The SMILES string of the molecule is COc1ccc(C(N)=O)cc1NCc1ccc(Br)cc1Cl. The van der Waals surface area contributed by atoms with Gasteiger partial charge in [0.15, 0.2) is 0 Å². The summed E-state index contributed by atoms with van der Waals surface area (Å²) in [6, 6.07) is 10.7. The monoisotopic (exact) mass is 368 g/mol. The van der Waals surface area contributed by atoms with Crippen molar-refractivity contribution in [2.24, 2.45) is 5.73 Å². The van der Waals surface area contributed by atoms with Gasteiger partial charge in [0.1, 0.15) is 5.75 Å². The second kappa shape index (κ2) is 6.83. The molecular weight excluding hydrogens is 356 g/mol. The van der Waals surface area contributed by atoms with Crippen LogP contribution in [0.5, 0.6) is 5.75 Å². The van der Waals surface area contributed by atoms with E-state index in [-0.39, 0.29) is 0 Å². The minimum Gasteiger partial charge on any atom is -0.495 e. The van der Waals surface area contributed by atoms with Crippen LogP contribution in [0.1, 0.15) is 15.9 Å². The number of anilines is 1. The molecule has 110 valence electrons. The van der Waals surface area contributed by atoms with E-state index in [9.17, 15) is 4.79 Å². The first-order chi connectivity index (χ1) is 10.0. The lowest BCUT2D eigenvalue weighted by Gasteiger charge is -2.13. The van der Waals surface area contributed by atoms with Gasteiger partial charge in [0.2, 0.25) is 5.91 Å². The topological polar surface area (TPSA) is 64.3 Å². The predicted octanol–water partition coefficient (Wildman–Crippen LogP) is 3.82. The van der Waals surface area contributed by atoms with Crippen molar-refractivity contribution in [1.82, 2.24) is 0 Å². The zero-order valence-corrected chi connectivity index (χ0v) is 13.7. The van der Waals surface area contributed by atoms with E-state index < -0.39 is 5.91 Å². The molecule has 0 radical (unpaired) electrons. The van der Waals surface area contributed by atoms with Crippen molar-refractivity contribution in [3.8, 4) is 5.75 Å². The van der Waals surface area contributed by atoms with Gasteiger partial charge in [-0.25, -0.2) is 0 Å². The molecule has 0 saturated carbocycles. The fraction of sp³-hybridized carbons (Fsp3) is 0.133. The number of halogens is 2. The summed E-state index contributed by atoms with van der Waals surface area (Å²) in [5.74, 6) is 0.149. The average Bonchev–Trinajstić information content (AvgIpc) is 2.46. The molecule has 3 N–H and O–H groups in total. The molecule has 4 nitrogen and oxygen atoms in total. The molecule has 0 aliphatic heterocycles. The van der Waals surface area contributed by atoms with Crippen LogP contribution in [-0.2, 0) is 6.54 Å². The molecule has 0 spiro atoms. The summed E-state index contributed by atoms with van der Waals surface area (Å²) in [7, 11) is 1.57. The van der Waals surface area contributed by atoms with Crippen LogP contribution in [0, 0.1) is 0 Å². The zero-order chi connectivity index (χ0) is 15.4. The van der Waals surface area contributed by atoms with E-state index in [0.29, 0.717) is 28.6 Å². The minimum atomic E-state index is -0.484. The van der Waals surface area contributed by atoms with E-state index in [0.717, 1.165) is 10.0 Å². The smallest absolute Gasteiger partial charge is 0.248 e. The third kappa shape index (κ3) is 3.89. The van der Waals surface area contributed by atoms with Crippen LogP contribution in [0.2, 0.25) is 5.02 Å². The van der Waals surface area contributed by atoms with E-state index in [1.54, 1.807) is 25.3 Å². The van der Waals surface area contributed by atoms with Gasteiger partial charge in [-0.1, -0.05) is 33.6 Å². The normalized spacial score (nSPS) is 10.2. The Morgan fingerprint density at radius 3 is 2.71 bits per heavy atom. The summed E-state index contributed by atoms with van der Waals surface area (Å²) >= 11 is 9.54. The first-order valence-electron chi connectivity index (χ1n) is 6.17. The highest BCUT2D eigenvalue weighted by Crippen LogP contribution is 2.27. The Labute approximate surface area is 136 Å². The number of carbonyl (C=O) groups is 1. The third-order valence-corrected chi connectivity index (χ3v) is 3.81. The predicted molar refractivity (Wildman–Crippen MR) is 88.0 cm³/mol. The Morgan fingerprint density at radius 2 is 2.10 bits per heavy atom. The molecule has 2 rings (SSSR count). The van der Waals surface area contributed by atoms with E-state index in [2.05, 4.69) is 21.2 Å². The Morgan fingerprint density at radius 1 is 1.33 bits per heavy atom. The summed E-state index contributed by atoms with van der Waals surface area (Å²) in [5, 5.41) is 3.86. The van der Waals surface area contributed by atoms with Crippen molar-refractivity contribution < 1.29 is 9.53 Å². The maximum absolute atomic E-state index is 11.2. The van der Waals surface area contributed by atoms with Crippen LogP contribution in [0.25, 0.3) is 0 Å². The highest BCUT2D eigenvalue weighted by molar-refractivity contribution is 9.10. The van der Waals surface area contributed by atoms with Gasteiger partial charge in [0.25, 0.3) is 0 Å². The average molecular weight is 370 g/mol. The van der Waals surface area contributed by atoms with Crippen molar-refractivity contribution in [2.75, 3.05) is 12.4 Å². The lowest BCUT2D eigenvalue weighted by molar-refractivity contribution is 0.100. The van der Waals surface area contributed by atoms with Gasteiger partial charge in [-0.05, 0) is 35.9 Å². The molecule has 0 atom stereocenters. The number of carbonyl (C=O) groups excluding carboxylic acids is 1. The maximum atomic E-state index is 11.2. The van der Waals surface area contributed by atoms with Crippen LogP contribution in [0.3, 0.4) is 0 Å². The Kier molecular flexibility index (Phi) is 5.09. The number of rotatable bonds is 5. The van der Waals surface area contributed by atoms with E-state index in [1.165, 1.54) is 0 Å². The quantitative estimate of drug-likeness (QED) is 0.842. The van der Waals surface area contributed by atoms with Crippen LogP contribution < -0.4 is 15.8 Å². The largest absolute Gasteiger partial charge is 0.495 e. The number of methoxy groups -OCH3 is 1. The van der Waals surface area contributed by atoms with Crippen molar-refractivity contribution in [3.63, 3.8) is 0 Å². The number of ether oxygens (including phenoxy) is 1. The second-order valence-corrected chi connectivity index (χ2v) is 5.69. The number of primary amides is 1. The number of nitrogens with two attached hydrogens (primary N) is 1. The standard InChI is InChI=1S/C15H14BrClN2O2/c1-21-14-5-3-9(15(18)20)6-13(14)19-8-10-2-4-11(16)7-12(10)17/h2-7,19H,8H2,1H3,(H2,18,20). The maximum Gasteiger partial charge on any atom is 0.248 e. The highest BCUT2D eigenvalue weighted by Gasteiger charge is 2.08. The Bertz CT molecular complexity index is 677. The molecule has 0 unspecified atom stereocenters. The number of hydrogen-bond donors (Lipinski definition) is 2. The summed E-state index contributed by atoms with van der Waals surface area (Å²) < 4.78 is 6.18. The number of benzene rings is 2. The number of hydrogen-bond acceptors (Lipinski definition) is 3. The highest BCUT2D eigenvalue weighted by atomic mass is 79.9.